The van der Waals surface area contributed by atoms with Crippen molar-refractivity contribution >= 4 is 0 Å². The van der Waals surface area contributed by atoms with Gasteiger partial charge in [0.15, 0.2) is 0 Å². The molecule has 118 valence electrons. The molecule has 2 unspecified atom stereocenters. The maximum atomic E-state index is 13.5. The molecule has 1 fully saturated rings. The molecule has 0 aromatic heterocycles. The van der Waals surface area contributed by atoms with Crippen LogP contribution in [0.4, 0.5) is 4.39 Å². The highest BCUT2D eigenvalue weighted by atomic mass is 19.1. The number of benzene rings is 1. The van der Waals surface area contributed by atoms with Crippen LogP contribution in [0.15, 0.2) is 18.2 Å². The van der Waals surface area contributed by atoms with E-state index in [4.69, 9.17) is 4.74 Å². The quantitative estimate of drug-likeness (QED) is 0.902. The van der Waals surface area contributed by atoms with Crippen LogP contribution in [-0.2, 0) is 0 Å². The Bertz CT molecular complexity index is 458. The minimum absolute atomic E-state index is 0.0744. The van der Waals surface area contributed by atoms with E-state index in [-0.39, 0.29) is 11.9 Å². The predicted octanol–water partition coefficient (Wildman–Crippen LogP) is 3.22. The van der Waals surface area contributed by atoms with Gasteiger partial charge in [-0.3, -0.25) is 0 Å². The monoisotopic (exact) mass is 294 g/mol. The third-order valence-corrected chi connectivity index (χ3v) is 4.64. The lowest BCUT2D eigenvalue weighted by atomic mass is 9.89. The lowest BCUT2D eigenvalue weighted by molar-refractivity contribution is 0.185. The largest absolute Gasteiger partial charge is 0.496 e. The van der Waals surface area contributed by atoms with Gasteiger partial charge in [0.2, 0.25) is 0 Å². The first kappa shape index (κ1) is 16.2. The second-order valence-electron chi connectivity index (χ2n) is 6.20. The number of methoxy groups -OCH3 is 1. The highest BCUT2D eigenvalue weighted by Crippen LogP contribution is 2.28. The molecule has 1 aliphatic heterocycles. The first-order valence-electron chi connectivity index (χ1n) is 7.79. The van der Waals surface area contributed by atoms with Gasteiger partial charge in [0.05, 0.1) is 7.11 Å². The standard InChI is InChI=1S/C17H27FN2O/c1-12(14-7-9-20(3)10-8-14)19-13(2)16-11-15(18)5-6-17(16)21-4/h5-6,11-14,19H,7-10H2,1-4H3. The molecule has 1 aromatic rings. The molecule has 2 atom stereocenters. The fourth-order valence-electron chi connectivity index (χ4n) is 3.19. The van der Waals surface area contributed by atoms with Crippen LogP contribution in [0.25, 0.3) is 0 Å². The number of ether oxygens (including phenoxy) is 1. The maximum Gasteiger partial charge on any atom is 0.123 e. The molecule has 1 N–H and O–H groups in total. The van der Waals surface area contributed by atoms with Crippen LogP contribution in [0, 0.1) is 11.7 Å². The van der Waals surface area contributed by atoms with E-state index in [2.05, 4.69) is 31.1 Å². The summed E-state index contributed by atoms with van der Waals surface area (Å²) in [7, 11) is 3.80. The fourth-order valence-corrected chi connectivity index (χ4v) is 3.19. The van der Waals surface area contributed by atoms with Crippen LogP contribution >= 0.6 is 0 Å². The summed E-state index contributed by atoms with van der Waals surface area (Å²) in [5.74, 6) is 1.21. The van der Waals surface area contributed by atoms with Crippen LogP contribution in [0.1, 0.15) is 38.3 Å². The molecule has 1 saturated heterocycles. The third kappa shape index (κ3) is 4.17. The van der Waals surface area contributed by atoms with Crippen LogP contribution in [0.3, 0.4) is 0 Å². The van der Waals surface area contributed by atoms with Crippen molar-refractivity contribution in [1.82, 2.24) is 10.2 Å². The minimum atomic E-state index is -0.216. The molecule has 0 aliphatic carbocycles. The van der Waals surface area contributed by atoms with Crippen molar-refractivity contribution in [2.75, 3.05) is 27.2 Å². The zero-order chi connectivity index (χ0) is 15.4. The van der Waals surface area contributed by atoms with E-state index >= 15 is 0 Å². The van der Waals surface area contributed by atoms with Gasteiger partial charge in [-0.15, -0.1) is 0 Å². The minimum Gasteiger partial charge on any atom is -0.496 e. The van der Waals surface area contributed by atoms with E-state index in [9.17, 15) is 4.39 Å². The van der Waals surface area contributed by atoms with E-state index in [0.717, 1.165) is 24.4 Å². The summed E-state index contributed by atoms with van der Waals surface area (Å²) in [4.78, 5) is 2.38. The molecule has 1 aromatic carbocycles. The molecule has 4 heteroatoms. The second-order valence-corrected chi connectivity index (χ2v) is 6.20. The summed E-state index contributed by atoms with van der Waals surface area (Å²) < 4.78 is 18.8. The summed E-state index contributed by atoms with van der Waals surface area (Å²) >= 11 is 0. The van der Waals surface area contributed by atoms with Gasteiger partial charge in [-0.1, -0.05) is 0 Å². The SMILES string of the molecule is COc1ccc(F)cc1C(C)NC(C)C1CCN(C)CC1. The Labute approximate surface area is 127 Å². The first-order valence-corrected chi connectivity index (χ1v) is 7.79. The Morgan fingerprint density at radius 3 is 2.57 bits per heavy atom. The molecule has 21 heavy (non-hydrogen) atoms. The van der Waals surface area contributed by atoms with Crippen molar-refractivity contribution in [3.8, 4) is 5.75 Å². The van der Waals surface area contributed by atoms with E-state index in [0.29, 0.717) is 12.0 Å². The summed E-state index contributed by atoms with van der Waals surface area (Å²) in [6, 6.07) is 5.20. The number of piperidine rings is 1. The molecular weight excluding hydrogens is 267 g/mol. The summed E-state index contributed by atoms with van der Waals surface area (Å²) in [5.41, 5.74) is 0.886. The van der Waals surface area contributed by atoms with Crippen LogP contribution in [0.5, 0.6) is 5.75 Å². The van der Waals surface area contributed by atoms with Gasteiger partial charge in [0.25, 0.3) is 0 Å². The Morgan fingerprint density at radius 1 is 1.29 bits per heavy atom. The molecule has 0 radical (unpaired) electrons. The average Bonchev–Trinajstić information content (AvgIpc) is 2.47. The Kier molecular flexibility index (Phi) is 5.59. The van der Waals surface area contributed by atoms with Crippen LogP contribution < -0.4 is 10.1 Å². The highest BCUT2D eigenvalue weighted by molar-refractivity contribution is 5.36. The molecular formula is C17H27FN2O. The lowest BCUT2D eigenvalue weighted by Gasteiger charge is -2.34. The van der Waals surface area contributed by atoms with Crippen molar-refractivity contribution in [3.63, 3.8) is 0 Å². The zero-order valence-electron chi connectivity index (χ0n) is 13.5. The average molecular weight is 294 g/mol. The smallest absolute Gasteiger partial charge is 0.123 e. The molecule has 3 nitrogen and oxygen atoms in total. The number of nitrogens with one attached hydrogen (secondary N) is 1. The number of hydrogen-bond acceptors (Lipinski definition) is 3. The van der Waals surface area contributed by atoms with Gasteiger partial charge >= 0.3 is 0 Å². The van der Waals surface area contributed by atoms with Gasteiger partial charge < -0.3 is 15.0 Å². The zero-order valence-corrected chi connectivity index (χ0v) is 13.5. The topological polar surface area (TPSA) is 24.5 Å². The molecule has 0 saturated carbocycles. The Balaban J connectivity index is 2.00. The van der Waals surface area contributed by atoms with Crippen molar-refractivity contribution in [1.29, 1.82) is 0 Å². The molecule has 1 aliphatic rings. The van der Waals surface area contributed by atoms with Crippen LogP contribution in [0.2, 0.25) is 0 Å². The van der Waals surface area contributed by atoms with Gasteiger partial charge in [0.1, 0.15) is 11.6 Å². The van der Waals surface area contributed by atoms with Crippen molar-refractivity contribution in [2.24, 2.45) is 5.92 Å². The van der Waals surface area contributed by atoms with Crippen LogP contribution in [-0.4, -0.2) is 38.2 Å². The van der Waals surface area contributed by atoms with Crippen molar-refractivity contribution in [3.05, 3.63) is 29.6 Å². The Morgan fingerprint density at radius 2 is 1.95 bits per heavy atom. The van der Waals surface area contributed by atoms with E-state index in [1.807, 2.05) is 0 Å². The number of hydrogen-bond donors (Lipinski definition) is 1. The number of halogens is 1. The number of nitrogens with zero attached hydrogens (tertiary/aromatic N) is 1. The maximum absolute atomic E-state index is 13.5. The molecule has 0 amide bonds. The van der Waals surface area contributed by atoms with Gasteiger partial charge in [0, 0.05) is 17.6 Å². The predicted molar refractivity (Wildman–Crippen MR) is 84.2 cm³/mol. The molecule has 2 rings (SSSR count). The summed E-state index contributed by atoms with van der Waals surface area (Å²) in [6.07, 6.45) is 2.44. The number of rotatable bonds is 5. The Hall–Kier alpha value is -1.13. The first-order chi connectivity index (χ1) is 10.0. The highest BCUT2D eigenvalue weighted by Gasteiger charge is 2.24. The van der Waals surface area contributed by atoms with Gasteiger partial charge in [-0.25, -0.2) is 4.39 Å². The van der Waals surface area contributed by atoms with E-state index < -0.39 is 0 Å². The van der Waals surface area contributed by atoms with Gasteiger partial charge in [-0.2, -0.15) is 0 Å². The lowest BCUT2D eigenvalue weighted by Crippen LogP contribution is -2.41. The fraction of sp³-hybridized carbons (Fsp3) is 0.647. The second kappa shape index (κ2) is 7.23. The molecule has 0 spiro atoms. The summed E-state index contributed by atoms with van der Waals surface area (Å²) in [5, 5.41) is 3.62. The van der Waals surface area contributed by atoms with E-state index in [1.54, 1.807) is 19.2 Å². The van der Waals surface area contributed by atoms with Gasteiger partial charge in [-0.05, 0) is 70.9 Å². The van der Waals surface area contributed by atoms with Crippen molar-refractivity contribution < 1.29 is 9.13 Å². The van der Waals surface area contributed by atoms with E-state index in [1.165, 1.54) is 18.9 Å². The molecule has 1 heterocycles. The summed E-state index contributed by atoms with van der Waals surface area (Å²) in [6.45, 7) is 6.63. The molecule has 0 bridgehead atoms. The third-order valence-electron chi connectivity index (χ3n) is 4.64. The normalized spacial score (nSPS) is 20.2. The van der Waals surface area contributed by atoms with Crippen molar-refractivity contribution in [2.45, 2.75) is 38.8 Å². The number of likely N-dealkylation sites (tertiary alicyclic amines) is 1.